The molecule has 1 aromatic heterocycles. The van der Waals surface area contributed by atoms with Crippen LogP contribution in [-0.2, 0) is 6.42 Å². The predicted molar refractivity (Wildman–Crippen MR) is 109 cm³/mol. The summed E-state index contributed by atoms with van der Waals surface area (Å²) in [7, 11) is 1.63. The number of nitrogens with zero attached hydrogens (tertiary/aromatic N) is 1. The van der Waals surface area contributed by atoms with Crippen molar-refractivity contribution in [3.05, 3.63) is 83.6 Å². The zero-order chi connectivity index (χ0) is 19.9. The van der Waals surface area contributed by atoms with Crippen LogP contribution in [-0.4, -0.2) is 30.3 Å². The number of methoxy groups -OCH3 is 1. The quantitative estimate of drug-likeness (QED) is 0.636. The number of ether oxygens (including phenoxy) is 1. The fourth-order valence-corrected chi connectivity index (χ4v) is 2.84. The maximum atomic E-state index is 12.5. The van der Waals surface area contributed by atoms with E-state index in [-0.39, 0.29) is 11.7 Å². The second kappa shape index (κ2) is 8.95. The summed E-state index contributed by atoms with van der Waals surface area (Å²) in [5, 5.41) is 2.93. The molecule has 0 saturated heterocycles. The number of aromatic nitrogens is 1. The molecular weight excluding hydrogens is 352 g/mol. The maximum absolute atomic E-state index is 12.5. The zero-order valence-electron chi connectivity index (χ0n) is 15.9. The van der Waals surface area contributed by atoms with E-state index in [0.717, 1.165) is 23.3 Å². The smallest absolute Gasteiger partial charge is 0.251 e. The summed E-state index contributed by atoms with van der Waals surface area (Å²) in [6.45, 7) is 2.06. The highest BCUT2D eigenvalue weighted by Crippen LogP contribution is 2.19. The molecule has 0 aliphatic heterocycles. The van der Waals surface area contributed by atoms with Crippen LogP contribution in [0, 0.1) is 0 Å². The molecule has 142 valence electrons. The number of Topliss-reactive ketones (excluding diaryl/α,β-unsaturated/α-hetero) is 1. The van der Waals surface area contributed by atoms with Gasteiger partial charge in [-0.1, -0.05) is 30.3 Å². The van der Waals surface area contributed by atoms with Crippen LogP contribution in [0.1, 0.15) is 33.2 Å². The van der Waals surface area contributed by atoms with Gasteiger partial charge < -0.3 is 10.1 Å². The molecule has 0 spiro atoms. The van der Waals surface area contributed by atoms with Gasteiger partial charge in [0.15, 0.2) is 5.78 Å². The van der Waals surface area contributed by atoms with Gasteiger partial charge in [-0.15, -0.1) is 0 Å². The first-order valence-corrected chi connectivity index (χ1v) is 9.05. The highest BCUT2D eigenvalue weighted by molar-refractivity contribution is 5.96. The Hall–Kier alpha value is -3.47. The molecule has 0 radical (unpaired) electrons. The predicted octanol–water partition coefficient (Wildman–Crippen LogP) is 3.93. The van der Waals surface area contributed by atoms with Crippen LogP contribution in [0.2, 0.25) is 0 Å². The Balaban J connectivity index is 1.65. The Bertz CT molecular complexity index is 981. The van der Waals surface area contributed by atoms with Crippen molar-refractivity contribution >= 4 is 11.7 Å². The molecule has 1 amide bonds. The number of benzene rings is 2. The lowest BCUT2D eigenvalue weighted by Gasteiger charge is -2.08. The molecule has 3 aromatic rings. The Morgan fingerprint density at radius 2 is 1.79 bits per heavy atom. The molecule has 2 aromatic carbocycles. The summed E-state index contributed by atoms with van der Waals surface area (Å²) in [5.41, 5.74) is 3.74. The number of nitrogens with one attached hydrogen (secondary N) is 1. The van der Waals surface area contributed by atoms with Gasteiger partial charge in [0, 0.05) is 29.4 Å². The van der Waals surface area contributed by atoms with Crippen LogP contribution in [0.15, 0.2) is 66.9 Å². The van der Waals surface area contributed by atoms with Crippen LogP contribution in [0.5, 0.6) is 5.75 Å². The molecule has 28 heavy (non-hydrogen) atoms. The Labute approximate surface area is 164 Å². The van der Waals surface area contributed by atoms with Crippen molar-refractivity contribution in [3.63, 3.8) is 0 Å². The van der Waals surface area contributed by atoms with Crippen molar-refractivity contribution in [1.29, 1.82) is 0 Å². The number of carbonyl (C=O) groups is 2. The third kappa shape index (κ3) is 4.82. The second-order valence-corrected chi connectivity index (χ2v) is 6.42. The summed E-state index contributed by atoms with van der Waals surface area (Å²) < 4.78 is 5.14. The Morgan fingerprint density at radius 1 is 1.00 bits per heavy atom. The fraction of sp³-hybridized carbons (Fsp3) is 0.174. The molecule has 0 aliphatic carbocycles. The van der Waals surface area contributed by atoms with Crippen molar-refractivity contribution in [2.45, 2.75) is 13.3 Å². The lowest BCUT2D eigenvalue weighted by molar-refractivity contribution is 0.0953. The average Bonchev–Trinajstić information content (AvgIpc) is 2.74. The lowest BCUT2D eigenvalue weighted by Crippen LogP contribution is -2.25. The first-order valence-electron chi connectivity index (χ1n) is 9.05. The molecule has 5 heteroatoms. The van der Waals surface area contributed by atoms with Gasteiger partial charge in [-0.3, -0.25) is 14.6 Å². The third-order valence-electron chi connectivity index (χ3n) is 4.45. The van der Waals surface area contributed by atoms with Crippen molar-refractivity contribution in [3.8, 4) is 17.0 Å². The summed E-state index contributed by atoms with van der Waals surface area (Å²) in [6, 6.07) is 18.4. The summed E-state index contributed by atoms with van der Waals surface area (Å²) in [6.07, 6.45) is 2.34. The van der Waals surface area contributed by atoms with E-state index in [1.165, 1.54) is 6.92 Å². The molecule has 0 saturated carbocycles. The first kappa shape index (κ1) is 19.3. The monoisotopic (exact) mass is 374 g/mol. The van der Waals surface area contributed by atoms with Crippen LogP contribution >= 0.6 is 0 Å². The third-order valence-corrected chi connectivity index (χ3v) is 4.45. The average molecular weight is 374 g/mol. The van der Waals surface area contributed by atoms with Gasteiger partial charge in [-0.25, -0.2) is 0 Å². The molecule has 1 N–H and O–H groups in total. The molecule has 1 heterocycles. The Kier molecular flexibility index (Phi) is 6.17. The molecule has 5 nitrogen and oxygen atoms in total. The molecule has 0 atom stereocenters. The zero-order valence-corrected chi connectivity index (χ0v) is 15.9. The lowest BCUT2D eigenvalue weighted by atomic mass is 10.0. The standard InChI is InChI=1S/C23H22N2O3/c1-16(26)18-4-3-5-19(14-18)22-15-20(11-13-24-22)23(27)25-12-10-17-6-8-21(28-2)9-7-17/h3-9,11,13-15H,10,12H2,1-2H3,(H,25,27). The normalized spacial score (nSPS) is 10.4. The van der Waals surface area contributed by atoms with Crippen LogP contribution in [0.3, 0.4) is 0 Å². The van der Waals surface area contributed by atoms with Crippen molar-refractivity contribution in [2.75, 3.05) is 13.7 Å². The number of hydrogen-bond acceptors (Lipinski definition) is 4. The number of amides is 1. The summed E-state index contributed by atoms with van der Waals surface area (Å²) in [5.74, 6) is 0.653. The first-order chi connectivity index (χ1) is 13.6. The van der Waals surface area contributed by atoms with Gasteiger partial charge in [0.1, 0.15) is 5.75 Å². The van der Waals surface area contributed by atoms with E-state index in [0.29, 0.717) is 23.4 Å². The largest absolute Gasteiger partial charge is 0.497 e. The molecule has 0 bridgehead atoms. The number of carbonyl (C=O) groups excluding carboxylic acids is 2. The van der Waals surface area contributed by atoms with Crippen molar-refractivity contribution < 1.29 is 14.3 Å². The Morgan fingerprint density at radius 3 is 2.50 bits per heavy atom. The highest BCUT2D eigenvalue weighted by atomic mass is 16.5. The minimum Gasteiger partial charge on any atom is -0.497 e. The van der Waals surface area contributed by atoms with E-state index < -0.39 is 0 Å². The van der Waals surface area contributed by atoms with Gasteiger partial charge in [0.25, 0.3) is 5.91 Å². The number of ketones is 1. The van der Waals surface area contributed by atoms with Gasteiger partial charge >= 0.3 is 0 Å². The molecule has 0 aliphatic rings. The minimum absolute atomic E-state index is 0.00530. The van der Waals surface area contributed by atoms with Crippen molar-refractivity contribution in [2.24, 2.45) is 0 Å². The van der Waals surface area contributed by atoms with E-state index in [1.54, 1.807) is 37.6 Å². The molecule has 0 unspecified atom stereocenters. The van der Waals surface area contributed by atoms with E-state index in [1.807, 2.05) is 36.4 Å². The molecular formula is C23H22N2O3. The highest BCUT2D eigenvalue weighted by Gasteiger charge is 2.09. The summed E-state index contributed by atoms with van der Waals surface area (Å²) >= 11 is 0. The van der Waals surface area contributed by atoms with E-state index in [9.17, 15) is 9.59 Å². The number of pyridine rings is 1. The molecule has 0 fully saturated rings. The second-order valence-electron chi connectivity index (χ2n) is 6.42. The van der Waals surface area contributed by atoms with Gasteiger partial charge in [0.05, 0.1) is 12.8 Å². The maximum Gasteiger partial charge on any atom is 0.251 e. The topological polar surface area (TPSA) is 68.3 Å². The van der Waals surface area contributed by atoms with E-state index >= 15 is 0 Å². The van der Waals surface area contributed by atoms with Gasteiger partial charge in [0.2, 0.25) is 0 Å². The fourth-order valence-electron chi connectivity index (χ4n) is 2.84. The van der Waals surface area contributed by atoms with Crippen LogP contribution < -0.4 is 10.1 Å². The van der Waals surface area contributed by atoms with E-state index in [2.05, 4.69) is 10.3 Å². The number of hydrogen-bond donors (Lipinski definition) is 1. The van der Waals surface area contributed by atoms with Gasteiger partial charge in [-0.2, -0.15) is 0 Å². The summed E-state index contributed by atoms with van der Waals surface area (Å²) in [4.78, 5) is 28.4. The number of rotatable bonds is 7. The van der Waals surface area contributed by atoms with Gasteiger partial charge in [-0.05, 0) is 49.2 Å². The SMILES string of the molecule is COc1ccc(CCNC(=O)c2ccnc(-c3cccc(C(C)=O)c3)c2)cc1. The van der Waals surface area contributed by atoms with E-state index in [4.69, 9.17) is 4.74 Å². The van der Waals surface area contributed by atoms with Crippen LogP contribution in [0.4, 0.5) is 0 Å². The van der Waals surface area contributed by atoms with Crippen molar-refractivity contribution in [1.82, 2.24) is 10.3 Å². The molecule has 3 rings (SSSR count). The van der Waals surface area contributed by atoms with Crippen LogP contribution in [0.25, 0.3) is 11.3 Å². The minimum atomic E-state index is -0.153.